The monoisotopic (exact) mass is 556 g/mol. The second kappa shape index (κ2) is 12.8. The van der Waals surface area contributed by atoms with Gasteiger partial charge in [-0.3, -0.25) is 9.59 Å². The van der Waals surface area contributed by atoms with E-state index >= 15 is 0 Å². The SMILES string of the molecule is COc1cc(C)c(S(=O)(=O)N(C)CC(=O)CCC(=O)N(C)Cc2ccc3c(ccn3CCN(C)C)c2)c(C)c1. The summed E-state index contributed by atoms with van der Waals surface area (Å²) >= 11 is 0. The Labute approximate surface area is 232 Å². The van der Waals surface area contributed by atoms with Gasteiger partial charge in [-0.2, -0.15) is 4.31 Å². The molecule has 10 heteroatoms. The Hall–Kier alpha value is -3.21. The smallest absolute Gasteiger partial charge is 0.243 e. The van der Waals surface area contributed by atoms with Gasteiger partial charge < -0.3 is 19.1 Å². The number of likely N-dealkylation sites (N-methyl/N-ethyl adjacent to an activating group) is 2. The van der Waals surface area contributed by atoms with Gasteiger partial charge >= 0.3 is 0 Å². The number of ketones is 1. The van der Waals surface area contributed by atoms with Crippen LogP contribution in [0.2, 0.25) is 0 Å². The highest BCUT2D eigenvalue weighted by atomic mass is 32.2. The van der Waals surface area contributed by atoms with E-state index in [1.807, 2.05) is 6.07 Å². The minimum absolute atomic E-state index is 0.0208. The lowest BCUT2D eigenvalue weighted by atomic mass is 10.1. The Kier molecular flexibility index (Phi) is 9.93. The number of sulfonamides is 1. The van der Waals surface area contributed by atoms with E-state index in [2.05, 4.69) is 48.0 Å². The number of methoxy groups -OCH3 is 1. The van der Waals surface area contributed by atoms with Crippen molar-refractivity contribution in [3.8, 4) is 5.75 Å². The Morgan fingerprint density at radius 3 is 2.23 bits per heavy atom. The molecule has 0 bridgehead atoms. The van der Waals surface area contributed by atoms with Crippen LogP contribution in [0.3, 0.4) is 0 Å². The zero-order valence-corrected chi connectivity index (χ0v) is 24.8. The molecule has 1 aromatic heterocycles. The van der Waals surface area contributed by atoms with Crippen molar-refractivity contribution in [2.24, 2.45) is 0 Å². The number of rotatable bonds is 13. The third kappa shape index (κ3) is 7.46. The summed E-state index contributed by atoms with van der Waals surface area (Å²) in [4.78, 5) is 29.3. The second-order valence-electron chi connectivity index (χ2n) is 10.3. The number of fused-ring (bicyclic) bond motifs is 1. The van der Waals surface area contributed by atoms with E-state index in [9.17, 15) is 18.0 Å². The number of carbonyl (C=O) groups excluding carboxylic acids is 2. The number of aryl methyl sites for hydroxylation is 2. The van der Waals surface area contributed by atoms with Crippen LogP contribution in [0.15, 0.2) is 47.5 Å². The van der Waals surface area contributed by atoms with Crippen LogP contribution in [0.5, 0.6) is 5.75 Å². The van der Waals surface area contributed by atoms with Crippen LogP contribution in [0.1, 0.15) is 29.5 Å². The van der Waals surface area contributed by atoms with Crippen LogP contribution in [0.25, 0.3) is 10.9 Å². The van der Waals surface area contributed by atoms with Crippen molar-refractivity contribution in [2.75, 3.05) is 48.4 Å². The lowest BCUT2D eigenvalue weighted by Crippen LogP contribution is -2.34. The number of hydrogen-bond acceptors (Lipinski definition) is 6. The fourth-order valence-corrected chi connectivity index (χ4v) is 6.21. The van der Waals surface area contributed by atoms with Crippen molar-refractivity contribution in [1.82, 2.24) is 18.7 Å². The van der Waals surface area contributed by atoms with Crippen LogP contribution < -0.4 is 4.74 Å². The van der Waals surface area contributed by atoms with Crippen LogP contribution >= 0.6 is 0 Å². The van der Waals surface area contributed by atoms with Gasteiger partial charge in [-0.1, -0.05) is 6.07 Å². The number of aromatic nitrogens is 1. The van der Waals surface area contributed by atoms with Gasteiger partial charge in [0.05, 0.1) is 18.6 Å². The van der Waals surface area contributed by atoms with Crippen molar-refractivity contribution in [3.05, 3.63) is 59.3 Å². The van der Waals surface area contributed by atoms with E-state index in [4.69, 9.17) is 4.74 Å². The molecule has 1 heterocycles. The molecule has 0 atom stereocenters. The number of Topliss-reactive ketones (excluding diaryl/α,β-unsaturated/α-hetero) is 1. The maximum atomic E-state index is 13.2. The van der Waals surface area contributed by atoms with Crippen LogP contribution in [0.4, 0.5) is 0 Å². The van der Waals surface area contributed by atoms with Crippen molar-refractivity contribution in [2.45, 2.75) is 44.7 Å². The second-order valence-corrected chi connectivity index (χ2v) is 12.3. The van der Waals surface area contributed by atoms with Gasteiger partial charge in [0.15, 0.2) is 0 Å². The van der Waals surface area contributed by atoms with Gasteiger partial charge in [0.2, 0.25) is 15.9 Å². The zero-order chi connectivity index (χ0) is 28.9. The first-order chi connectivity index (χ1) is 18.3. The van der Waals surface area contributed by atoms with Crippen molar-refractivity contribution >= 4 is 32.6 Å². The third-order valence-corrected chi connectivity index (χ3v) is 8.93. The van der Waals surface area contributed by atoms with Crippen LogP contribution in [0, 0.1) is 13.8 Å². The molecular weight excluding hydrogens is 516 g/mol. The van der Waals surface area contributed by atoms with Gasteiger partial charge in [-0.05, 0) is 80.4 Å². The number of carbonyl (C=O) groups is 2. The van der Waals surface area contributed by atoms with E-state index < -0.39 is 10.0 Å². The lowest BCUT2D eigenvalue weighted by molar-refractivity contribution is -0.132. The quantitative estimate of drug-likeness (QED) is 0.320. The molecular formula is C29H40N4O5S. The molecule has 0 N–H and O–H groups in total. The van der Waals surface area contributed by atoms with Crippen LogP contribution in [-0.2, 0) is 32.7 Å². The molecule has 9 nitrogen and oxygen atoms in total. The number of amides is 1. The predicted octanol–water partition coefficient (Wildman–Crippen LogP) is 3.46. The Bertz CT molecular complexity index is 1420. The van der Waals surface area contributed by atoms with E-state index in [1.54, 1.807) is 37.9 Å². The van der Waals surface area contributed by atoms with Gasteiger partial charge in [0.1, 0.15) is 11.5 Å². The normalized spacial score (nSPS) is 11.9. The van der Waals surface area contributed by atoms with Crippen molar-refractivity contribution in [3.63, 3.8) is 0 Å². The Morgan fingerprint density at radius 2 is 1.62 bits per heavy atom. The molecule has 0 aliphatic heterocycles. The summed E-state index contributed by atoms with van der Waals surface area (Å²) in [5, 5.41) is 1.12. The van der Waals surface area contributed by atoms with Gasteiger partial charge in [0.25, 0.3) is 0 Å². The molecule has 0 saturated heterocycles. The molecule has 1 amide bonds. The maximum Gasteiger partial charge on any atom is 0.243 e. The van der Waals surface area contributed by atoms with E-state index in [0.717, 1.165) is 33.9 Å². The summed E-state index contributed by atoms with van der Waals surface area (Å²) in [7, 11) is 4.84. The molecule has 0 radical (unpaired) electrons. The zero-order valence-electron chi connectivity index (χ0n) is 24.0. The molecule has 3 rings (SSSR count). The van der Waals surface area contributed by atoms with E-state index in [1.165, 1.54) is 14.2 Å². The van der Waals surface area contributed by atoms with Gasteiger partial charge in [-0.25, -0.2) is 8.42 Å². The maximum absolute atomic E-state index is 13.2. The van der Waals surface area contributed by atoms with Gasteiger partial charge in [0, 0.05) is 58.3 Å². The molecule has 0 saturated carbocycles. The van der Waals surface area contributed by atoms with Crippen molar-refractivity contribution < 1.29 is 22.7 Å². The standard InChI is InChI=1S/C29H40N4O5S/c1-21-16-26(38-7)17-22(2)29(21)39(36,37)32(6)20-25(34)9-11-28(35)31(5)19-23-8-10-27-24(18-23)12-13-33(27)15-14-30(3)4/h8,10,12-13,16-18H,9,11,14-15,19-20H2,1-7H3. The van der Waals surface area contributed by atoms with Gasteiger partial charge in [-0.15, -0.1) is 0 Å². The minimum Gasteiger partial charge on any atom is -0.497 e. The molecule has 0 spiro atoms. The fraction of sp³-hybridized carbons (Fsp3) is 0.448. The predicted molar refractivity (Wildman–Crippen MR) is 153 cm³/mol. The molecule has 2 aromatic carbocycles. The minimum atomic E-state index is -3.88. The molecule has 0 aliphatic rings. The molecule has 212 valence electrons. The summed E-state index contributed by atoms with van der Waals surface area (Å²) in [6.45, 7) is 5.38. The first-order valence-corrected chi connectivity index (χ1v) is 14.4. The van der Waals surface area contributed by atoms with E-state index in [0.29, 0.717) is 23.4 Å². The lowest BCUT2D eigenvalue weighted by Gasteiger charge is -2.20. The molecule has 39 heavy (non-hydrogen) atoms. The van der Waals surface area contributed by atoms with Crippen molar-refractivity contribution in [1.29, 1.82) is 0 Å². The highest BCUT2D eigenvalue weighted by Crippen LogP contribution is 2.28. The number of benzene rings is 2. The number of nitrogens with zero attached hydrogens (tertiary/aromatic N) is 4. The largest absolute Gasteiger partial charge is 0.497 e. The summed E-state index contributed by atoms with van der Waals surface area (Å²) in [6.07, 6.45) is 2.07. The molecule has 3 aromatic rings. The summed E-state index contributed by atoms with van der Waals surface area (Å²) in [5.41, 5.74) is 3.25. The highest BCUT2D eigenvalue weighted by molar-refractivity contribution is 7.89. The fourth-order valence-electron chi connectivity index (χ4n) is 4.65. The topological polar surface area (TPSA) is 92.2 Å². The first kappa shape index (κ1) is 30.3. The summed E-state index contributed by atoms with van der Waals surface area (Å²) in [5.74, 6) is 0.0927. The summed E-state index contributed by atoms with van der Waals surface area (Å²) < 4.78 is 34.8. The molecule has 0 fully saturated rings. The highest BCUT2D eigenvalue weighted by Gasteiger charge is 2.27. The number of hydrogen-bond donors (Lipinski definition) is 0. The molecule has 0 unspecified atom stereocenters. The average Bonchev–Trinajstić information content (AvgIpc) is 3.27. The molecule has 0 aliphatic carbocycles. The Morgan fingerprint density at radius 1 is 0.949 bits per heavy atom. The third-order valence-electron chi connectivity index (χ3n) is 6.82. The Balaban J connectivity index is 1.55. The first-order valence-electron chi connectivity index (χ1n) is 12.9. The number of ether oxygens (including phenoxy) is 1. The average molecular weight is 557 g/mol. The summed E-state index contributed by atoms with van der Waals surface area (Å²) in [6, 6.07) is 11.6. The van der Waals surface area contributed by atoms with E-state index in [-0.39, 0.29) is 36.0 Å². The van der Waals surface area contributed by atoms with Crippen LogP contribution in [-0.4, -0.2) is 87.2 Å².